The number of fused-ring (bicyclic) bond motifs is 5. The van der Waals surface area contributed by atoms with E-state index in [1.807, 2.05) is 24.3 Å². The van der Waals surface area contributed by atoms with Crippen molar-refractivity contribution in [1.82, 2.24) is 0 Å². The molecule has 2 aromatic heterocycles. The molecule has 3 heterocycles. The highest BCUT2D eigenvalue weighted by atomic mass is 32.2. The van der Waals surface area contributed by atoms with Gasteiger partial charge in [-0.2, -0.15) is 21.4 Å². The van der Waals surface area contributed by atoms with E-state index < -0.39 is 20.2 Å². The van der Waals surface area contributed by atoms with Gasteiger partial charge in [0.25, 0.3) is 25.2 Å². The number of anilines is 1. The molecule has 258 valence electrons. The third kappa shape index (κ3) is 7.54. The SMILES string of the molecule is CCC(/C=C1\Sc2ccc(-c3csc4ccccc34)cc2N1CCCS(=O)(=O)O)=C\c1sc2ccc3ccccc3c2[n+]1CCCS(=O)(=O)O. The van der Waals surface area contributed by atoms with Crippen LogP contribution in [0.3, 0.4) is 0 Å². The summed E-state index contributed by atoms with van der Waals surface area (Å²) in [5.41, 5.74) is 5.30. The monoisotopic (exact) mass is 763 g/mol. The van der Waals surface area contributed by atoms with Gasteiger partial charge in [0.05, 0.1) is 27.6 Å². The van der Waals surface area contributed by atoms with Crippen molar-refractivity contribution in [2.45, 2.75) is 37.6 Å². The number of nitrogens with zero attached hydrogens (tertiary/aromatic N) is 2. The van der Waals surface area contributed by atoms with Gasteiger partial charge in [0, 0.05) is 39.6 Å². The summed E-state index contributed by atoms with van der Waals surface area (Å²) in [6, 6.07) is 27.1. The normalized spacial score (nSPS) is 14.8. The number of hydrogen-bond acceptors (Lipinski definition) is 8. The maximum atomic E-state index is 11.7. The summed E-state index contributed by atoms with van der Waals surface area (Å²) in [4.78, 5) is 3.21. The number of thiophene rings is 1. The van der Waals surface area contributed by atoms with Crippen molar-refractivity contribution in [1.29, 1.82) is 0 Å². The molecule has 0 amide bonds. The zero-order chi connectivity index (χ0) is 35.0. The minimum atomic E-state index is -4.11. The van der Waals surface area contributed by atoms with Gasteiger partial charge in [-0.05, 0) is 71.2 Å². The fourth-order valence-electron chi connectivity index (χ4n) is 6.38. The lowest BCUT2D eigenvalue weighted by molar-refractivity contribution is -0.667. The zero-order valence-corrected chi connectivity index (χ0v) is 31.2. The van der Waals surface area contributed by atoms with E-state index in [4.69, 9.17) is 0 Å². The second kappa shape index (κ2) is 14.2. The Hall–Kier alpha value is -3.56. The molecule has 0 saturated carbocycles. The Morgan fingerprint density at radius 2 is 1.60 bits per heavy atom. The van der Waals surface area contributed by atoms with Crippen molar-refractivity contribution >= 4 is 97.5 Å². The van der Waals surface area contributed by atoms with E-state index >= 15 is 0 Å². The van der Waals surface area contributed by atoms with Crippen LogP contribution in [0.15, 0.2) is 106 Å². The number of rotatable bonds is 12. The average molecular weight is 764 g/mol. The second-order valence-corrected chi connectivity index (χ2v) is 18.3. The van der Waals surface area contributed by atoms with Crippen LogP contribution in [0.25, 0.3) is 48.3 Å². The Morgan fingerprint density at radius 3 is 2.38 bits per heavy atom. The van der Waals surface area contributed by atoms with Crippen molar-refractivity contribution in [2.24, 2.45) is 0 Å². The van der Waals surface area contributed by atoms with Crippen LogP contribution in [0, 0.1) is 0 Å². The molecule has 8 nitrogen and oxygen atoms in total. The summed E-state index contributed by atoms with van der Waals surface area (Å²) in [5, 5.41) is 7.45. The predicted molar refractivity (Wildman–Crippen MR) is 208 cm³/mol. The lowest BCUT2D eigenvalue weighted by Crippen LogP contribution is -2.36. The van der Waals surface area contributed by atoms with Gasteiger partial charge in [0.2, 0.25) is 5.52 Å². The van der Waals surface area contributed by atoms with Gasteiger partial charge < -0.3 is 4.90 Å². The Balaban J connectivity index is 1.29. The van der Waals surface area contributed by atoms with Crippen LogP contribution < -0.4 is 9.47 Å². The molecule has 13 heteroatoms. The first-order valence-corrected chi connectivity index (χ1v) is 21.9. The van der Waals surface area contributed by atoms with Crippen LogP contribution in [0.2, 0.25) is 0 Å². The Labute approximate surface area is 303 Å². The average Bonchev–Trinajstić information content (AvgIpc) is 3.76. The number of thioether (sulfide) groups is 1. The molecule has 0 atom stereocenters. The van der Waals surface area contributed by atoms with Crippen molar-refractivity contribution in [3.8, 4) is 11.1 Å². The van der Waals surface area contributed by atoms with E-state index in [9.17, 15) is 25.9 Å². The molecule has 0 unspecified atom stereocenters. The highest BCUT2D eigenvalue weighted by molar-refractivity contribution is 8.03. The van der Waals surface area contributed by atoms with Crippen molar-refractivity contribution in [2.75, 3.05) is 23.0 Å². The van der Waals surface area contributed by atoms with Crippen molar-refractivity contribution in [3.63, 3.8) is 0 Å². The summed E-state index contributed by atoms with van der Waals surface area (Å²) >= 11 is 4.97. The summed E-state index contributed by atoms with van der Waals surface area (Å²) in [6.45, 7) is 2.90. The first-order chi connectivity index (χ1) is 24.0. The van der Waals surface area contributed by atoms with Crippen LogP contribution >= 0.6 is 34.4 Å². The van der Waals surface area contributed by atoms with Crippen LogP contribution in [0.1, 0.15) is 31.2 Å². The molecule has 1 aliphatic rings. The van der Waals surface area contributed by atoms with Gasteiger partial charge in [-0.1, -0.05) is 78.6 Å². The Morgan fingerprint density at radius 1 is 0.860 bits per heavy atom. The quantitative estimate of drug-likeness (QED) is 0.0938. The fraction of sp³-hybridized carbons (Fsp3) is 0.216. The van der Waals surface area contributed by atoms with Crippen LogP contribution in [-0.4, -0.2) is 44.0 Å². The Bertz CT molecular complexity index is 2530. The van der Waals surface area contributed by atoms with E-state index in [0.717, 1.165) is 58.3 Å². The predicted octanol–water partition coefficient (Wildman–Crippen LogP) is 9.03. The number of aryl methyl sites for hydroxylation is 1. The molecule has 0 spiro atoms. The van der Waals surface area contributed by atoms with Crippen molar-refractivity contribution < 1.29 is 30.5 Å². The molecule has 6 aromatic rings. The van der Waals surface area contributed by atoms with Gasteiger partial charge in [0.15, 0.2) is 6.54 Å². The molecular formula is C37H35N2O6S5+. The zero-order valence-electron chi connectivity index (χ0n) is 27.2. The van der Waals surface area contributed by atoms with Crippen LogP contribution in [0.5, 0.6) is 0 Å². The van der Waals surface area contributed by atoms with E-state index in [1.54, 1.807) is 34.4 Å². The van der Waals surface area contributed by atoms with Gasteiger partial charge >= 0.3 is 0 Å². The standard InChI is InChI=1S/C37H34N2O6S5/c1-2-25(22-36-39(18-8-20-50(43,44)45)37-28-10-4-3-9-26(28)13-16-34(37)48-36)21-35-38(17-7-19-49(40,41)42)31-23-27(14-15-33(31)47-35)30-24-46-32-12-6-5-11-29(30)32/h3-6,9-16,21-24H,2,7-8,17-20H2,1H3,(H-,40,41,42,43,44,45)/p+1. The lowest BCUT2D eigenvalue weighted by atomic mass is 10.0. The molecule has 4 aromatic carbocycles. The molecule has 0 radical (unpaired) electrons. The van der Waals surface area contributed by atoms with E-state index in [2.05, 4.69) is 88.5 Å². The molecule has 7 rings (SSSR count). The maximum Gasteiger partial charge on any atom is 0.265 e. The number of hydrogen-bond donors (Lipinski definition) is 2. The Kier molecular flexibility index (Phi) is 9.92. The minimum absolute atomic E-state index is 0.254. The first kappa shape index (κ1) is 34.9. The molecule has 0 bridgehead atoms. The van der Waals surface area contributed by atoms with Crippen LogP contribution in [-0.2, 0) is 26.8 Å². The third-order valence-electron chi connectivity index (χ3n) is 8.73. The largest absolute Gasteiger partial charge is 0.335 e. The molecule has 2 N–H and O–H groups in total. The van der Waals surface area contributed by atoms with Crippen LogP contribution in [0.4, 0.5) is 5.69 Å². The number of aromatic nitrogens is 1. The molecular weight excluding hydrogens is 729 g/mol. The summed E-state index contributed by atoms with van der Waals surface area (Å²) in [6.07, 6.45) is 5.51. The van der Waals surface area contributed by atoms with Crippen molar-refractivity contribution in [3.05, 3.63) is 106 Å². The molecule has 1 aliphatic heterocycles. The summed E-state index contributed by atoms with van der Waals surface area (Å²) in [7, 11) is -8.22. The number of thiazole rings is 1. The summed E-state index contributed by atoms with van der Waals surface area (Å²) < 4.78 is 70.0. The smallest absolute Gasteiger partial charge is 0.265 e. The van der Waals surface area contributed by atoms with E-state index in [1.165, 1.54) is 10.1 Å². The lowest BCUT2D eigenvalue weighted by Gasteiger charge is -2.21. The summed E-state index contributed by atoms with van der Waals surface area (Å²) in [5.74, 6) is -0.659. The first-order valence-electron chi connectivity index (χ1n) is 16.2. The molecule has 0 fully saturated rings. The van der Waals surface area contributed by atoms with Gasteiger partial charge in [0.1, 0.15) is 4.70 Å². The van der Waals surface area contributed by atoms with Gasteiger partial charge in [-0.25, -0.2) is 0 Å². The topological polar surface area (TPSA) is 116 Å². The molecule has 0 saturated heterocycles. The van der Waals surface area contributed by atoms with E-state index in [0.29, 0.717) is 19.5 Å². The van der Waals surface area contributed by atoms with E-state index in [-0.39, 0.29) is 24.3 Å². The second-order valence-electron chi connectivity index (χ2n) is 12.1. The molecule has 0 aliphatic carbocycles. The van der Waals surface area contributed by atoms with Gasteiger partial charge in [-0.15, -0.1) is 11.3 Å². The minimum Gasteiger partial charge on any atom is -0.335 e. The van der Waals surface area contributed by atoms with Gasteiger partial charge in [-0.3, -0.25) is 9.11 Å². The molecule has 50 heavy (non-hydrogen) atoms. The number of benzene rings is 4. The fourth-order valence-corrected chi connectivity index (χ4v) is 10.7. The highest BCUT2D eigenvalue weighted by Gasteiger charge is 2.28. The third-order valence-corrected chi connectivity index (χ3v) is 13.5. The number of allylic oxidation sites excluding steroid dienone is 2. The highest BCUT2D eigenvalue weighted by Crippen LogP contribution is 2.49. The maximum absolute atomic E-state index is 11.7.